The van der Waals surface area contributed by atoms with E-state index in [-0.39, 0.29) is 0 Å². The van der Waals surface area contributed by atoms with Crippen molar-refractivity contribution in [2.75, 3.05) is 13.2 Å². The van der Waals surface area contributed by atoms with Gasteiger partial charge in [-0.25, -0.2) is 0 Å². The number of allylic oxidation sites excluding steroid dienone is 1. The minimum Gasteiger partial charge on any atom is -0.472 e. The molecule has 2 rings (SSSR count). The van der Waals surface area contributed by atoms with Crippen LogP contribution in [-0.2, 0) is 4.74 Å². The average Bonchev–Trinajstić information content (AvgIpc) is 2.76. The van der Waals surface area contributed by atoms with Crippen molar-refractivity contribution in [3.05, 3.63) is 60.7 Å². The van der Waals surface area contributed by atoms with Crippen molar-refractivity contribution in [3.8, 4) is 17.1 Å². The molecule has 4 nitrogen and oxygen atoms in total. The lowest BCUT2D eigenvalue weighted by molar-refractivity contribution is 0.0566. The summed E-state index contributed by atoms with van der Waals surface area (Å²) in [6, 6.07) is 12.1. The van der Waals surface area contributed by atoms with Crippen LogP contribution in [0.4, 0.5) is 0 Å². The minimum atomic E-state index is 0.356. The van der Waals surface area contributed by atoms with Crippen LogP contribution in [0.5, 0.6) is 5.88 Å². The van der Waals surface area contributed by atoms with E-state index in [1.807, 2.05) is 12.1 Å². The third kappa shape index (κ3) is 9.05. The van der Waals surface area contributed by atoms with Gasteiger partial charge in [-0.1, -0.05) is 68.8 Å². The maximum atomic E-state index is 5.84. The Morgan fingerprint density at radius 1 is 1.03 bits per heavy atom. The zero-order valence-corrected chi connectivity index (χ0v) is 17.8. The fourth-order valence-electron chi connectivity index (χ4n) is 2.92. The molecule has 1 heterocycles. The molecule has 0 saturated carbocycles. The molecule has 0 amide bonds. The lowest BCUT2D eigenvalue weighted by atomic mass is 10.1. The van der Waals surface area contributed by atoms with Crippen LogP contribution in [0.2, 0.25) is 0 Å². The molecule has 1 unspecified atom stereocenters. The summed E-state index contributed by atoms with van der Waals surface area (Å²) in [5.41, 5.74) is 3.06. The molecule has 1 aromatic carbocycles. The van der Waals surface area contributed by atoms with Gasteiger partial charge in [-0.2, -0.15) is 0 Å². The molecule has 156 valence electrons. The summed E-state index contributed by atoms with van der Waals surface area (Å²) in [5.74, 6) is 0.508. The smallest absolute Gasteiger partial charge is 0.233 e. The summed E-state index contributed by atoms with van der Waals surface area (Å²) in [5, 5.41) is 8.31. The predicted molar refractivity (Wildman–Crippen MR) is 121 cm³/mol. The van der Waals surface area contributed by atoms with Crippen LogP contribution in [-0.4, -0.2) is 29.5 Å². The lowest BCUT2D eigenvalue weighted by Crippen LogP contribution is -2.08. The van der Waals surface area contributed by atoms with Crippen molar-refractivity contribution in [1.82, 2.24) is 10.2 Å². The first-order valence-electron chi connectivity index (χ1n) is 10.7. The zero-order chi connectivity index (χ0) is 20.7. The van der Waals surface area contributed by atoms with Gasteiger partial charge in [-0.05, 0) is 44.2 Å². The van der Waals surface area contributed by atoms with E-state index in [9.17, 15) is 0 Å². The van der Waals surface area contributed by atoms with E-state index in [1.54, 1.807) is 6.08 Å². The largest absolute Gasteiger partial charge is 0.472 e. The van der Waals surface area contributed by atoms with Crippen molar-refractivity contribution in [3.63, 3.8) is 0 Å². The normalized spacial score (nSPS) is 12.2. The summed E-state index contributed by atoms with van der Waals surface area (Å²) in [6.07, 6.45) is 13.5. The molecule has 0 saturated heterocycles. The number of ether oxygens (including phenoxy) is 2. The van der Waals surface area contributed by atoms with Gasteiger partial charge in [0.15, 0.2) is 0 Å². The number of hydrogen-bond donors (Lipinski definition) is 0. The molecule has 0 N–H and O–H groups in total. The van der Waals surface area contributed by atoms with E-state index in [2.05, 4.69) is 67.0 Å². The van der Waals surface area contributed by atoms with Crippen LogP contribution in [0, 0.1) is 0 Å². The fraction of sp³-hybridized carbons (Fsp3) is 0.440. The van der Waals surface area contributed by atoms with Crippen molar-refractivity contribution in [1.29, 1.82) is 0 Å². The maximum Gasteiger partial charge on any atom is 0.233 e. The summed E-state index contributed by atoms with van der Waals surface area (Å²) in [6.45, 7) is 9.34. The molecule has 4 heteroatoms. The number of unbranched alkanes of at least 4 members (excludes halogenated alkanes) is 3. The molecule has 0 aliphatic heterocycles. The summed E-state index contributed by atoms with van der Waals surface area (Å²) < 4.78 is 11.2. The highest BCUT2D eigenvalue weighted by atomic mass is 16.5. The Bertz CT molecular complexity index is 723. The minimum absolute atomic E-state index is 0.356. The number of nitrogens with zero attached hydrogens (tertiary/aromatic N) is 2. The van der Waals surface area contributed by atoms with E-state index in [4.69, 9.17) is 9.47 Å². The second-order valence-electron chi connectivity index (χ2n) is 7.20. The Labute approximate surface area is 175 Å². The number of rotatable bonds is 14. The van der Waals surface area contributed by atoms with Crippen molar-refractivity contribution < 1.29 is 9.47 Å². The van der Waals surface area contributed by atoms with E-state index in [0.29, 0.717) is 18.6 Å². The number of benzene rings is 1. The number of hydrogen-bond acceptors (Lipinski definition) is 4. The summed E-state index contributed by atoms with van der Waals surface area (Å²) >= 11 is 0. The zero-order valence-electron chi connectivity index (χ0n) is 17.8. The van der Waals surface area contributed by atoms with Crippen molar-refractivity contribution in [2.45, 2.75) is 58.5 Å². The average molecular weight is 395 g/mol. The van der Waals surface area contributed by atoms with Gasteiger partial charge in [0.25, 0.3) is 0 Å². The molecule has 0 fully saturated rings. The molecule has 0 aliphatic rings. The molecule has 0 bridgehead atoms. The van der Waals surface area contributed by atoms with Crippen LogP contribution in [0.15, 0.2) is 55.1 Å². The first-order chi connectivity index (χ1) is 14.2. The molecule has 0 radical (unpaired) electrons. The molecule has 2 aromatic rings. The third-order valence-electron chi connectivity index (χ3n) is 4.64. The van der Waals surface area contributed by atoms with Gasteiger partial charge >= 0.3 is 0 Å². The third-order valence-corrected chi connectivity index (χ3v) is 4.64. The first-order valence-corrected chi connectivity index (χ1v) is 10.7. The highest BCUT2D eigenvalue weighted by Crippen LogP contribution is 2.19. The first kappa shape index (κ1) is 22.8. The van der Waals surface area contributed by atoms with Gasteiger partial charge in [0.05, 0.1) is 11.8 Å². The van der Waals surface area contributed by atoms with Gasteiger partial charge in [-0.3, -0.25) is 0 Å². The SMILES string of the molecule is C=CCOc1ccc(-c2ccc(/C=C/CCCC(C)OCCCCC)cc2)nn1. The second-order valence-corrected chi connectivity index (χ2v) is 7.20. The molecule has 0 spiro atoms. The predicted octanol–water partition coefficient (Wildman–Crippen LogP) is 6.49. The van der Waals surface area contributed by atoms with E-state index < -0.39 is 0 Å². The monoisotopic (exact) mass is 394 g/mol. The Kier molecular flexibility index (Phi) is 10.8. The lowest BCUT2D eigenvalue weighted by Gasteiger charge is -2.11. The molecule has 29 heavy (non-hydrogen) atoms. The molecule has 1 atom stereocenters. The highest BCUT2D eigenvalue weighted by Gasteiger charge is 2.02. The molecular formula is C25H34N2O2. The second kappa shape index (κ2) is 13.7. The van der Waals surface area contributed by atoms with E-state index in [1.165, 1.54) is 24.8 Å². The van der Waals surface area contributed by atoms with Crippen molar-refractivity contribution in [2.24, 2.45) is 0 Å². The highest BCUT2D eigenvalue weighted by molar-refractivity contribution is 5.62. The van der Waals surface area contributed by atoms with Crippen LogP contribution >= 0.6 is 0 Å². The Balaban J connectivity index is 1.72. The quantitative estimate of drug-likeness (QED) is 0.271. The number of aromatic nitrogens is 2. The van der Waals surface area contributed by atoms with Crippen LogP contribution in [0.25, 0.3) is 17.3 Å². The maximum absolute atomic E-state index is 5.84. The van der Waals surface area contributed by atoms with Gasteiger partial charge in [0.1, 0.15) is 6.61 Å². The molecule has 0 aliphatic carbocycles. The molecular weight excluding hydrogens is 360 g/mol. The Hall–Kier alpha value is -2.46. The standard InChI is InChI=1S/C25H34N2O2/c1-4-6-10-20-28-21(3)11-8-7-9-12-22-13-15-23(16-14-22)24-17-18-25(27-26-24)29-19-5-2/h5,9,12-18,21H,2,4,6-8,10-11,19-20H2,1,3H3/b12-9+. The van der Waals surface area contributed by atoms with Crippen LogP contribution in [0.1, 0.15) is 57.9 Å². The van der Waals surface area contributed by atoms with Gasteiger partial charge in [-0.15, -0.1) is 10.2 Å². The Morgan fingerprint density at radius 2 is 1.86 bits per heavy atom. The van der Waals surface area contributed by atoms with Gasteiger partial charge in [0.2, 0.25) is 5.88 Å². The van der Waals surface area contributed by atoms with Gasteiger partial charge in [0, 0.05) is 18.2 Å². The Morgan fingerprint density at radius 3 is 2.55 bits per heavy atom. The van der Waals surface area contributed by atoms with Gasteiger partial charge < -0.3 is 9.47 Å². The van der Waals surface area contributed by atoms with Crippen molar-refractivity contribution >= 4 is 6.08 Å². The summed E-state index contributed by atoms with van der Waals surface area (Å²) in [7, 11) is 0. The topological polar surface area (TPSA) is 44.2 Å². The van der Waals surface area contributed by atoms with E-state index >= 15 is 0 Å². The molecule has 1 aromatic heterocycles. The van der Waals surface area contributed by atoms with E-state index in [0.717, 1.165) is 37.1 Å². The summed E-state index contributed by atoms with van der Waals surface area (Å²) in [4.78, 5) is 0. The van der Waals surface area contributed by atoms with Crippen LogP contribution < -0.4 is 4.74 Å². The fourth-order valence-corrected chi connectivity index (χ4v) is 2.92. The van der Waals surface area contributed by atoms with Crippen LogP contribution in [0.3, 0.4) is 0 Å².